The lowest BCUT2D eigenvalue weighted by atomic mass is 9.86. The van der Waals surface area contributed by atoms with Crippen LogP contribution in [0.1, 0.15) is 26.3 Å². The summed E-state index contributed by atoms with van der Waals surface area (Å²) in [4.78, 5) is 0.156. The van der Waals surface area contributed by atoms with E-state index in [1.807, 2.05) is 32.9 Å². The highest BCUT2D eigenvalue weighted by Crippen LogP contribution is 2.32. The van der Waals surface area contributed by atoms with Crippen LogP contribution in [0.15, 0.2) is 59.5 Å². The second-order valence-corrected chi connectivity index (χ2v) is 7.14. The molecule has 0 aliphatic rings. The molecular formula is C16H18O3S. The maximum Gasteiger partial charge on any atom is 0.339 e. The van der Waals surface area contributed by atoms with Gasteiger partial charge in [-0.05, 0) is 23.6 Å². The number of benzene rings is 2. The van der Waals surface area contributed by atoms with Gasteiger partial charge in [-0.1, -0.05) is 57.2 Å². The molecule has 0 aliphatic heterocycles. The van der Waals surface area contributed by atoms with Crippen LogP contribution in [0.25, 0.3) is 0 Å². The third-order valence-corrected chi connectivity index (χ3v) is 4.17. The molecule has 3 nitrogen and oxygen atoms in total. The molecule has 0 amide bonds. The van der Waals surface area contributed by atoms with Crippen molar-refractivity contribution in [3.8, 4) is 5.75 Å². The Balaban J connectivity index is 2.41. The van der Waals surface area contributed by atoms with Crippen LogP contribution < -0.4 is 4.18 Å². The van der Waals surface area contributed by atoms with Crippen molar-refractivity contribution in [2.24, 2.45) is 0 Å². The molecule has 0 unspecified atom stereocenters. The lowest BCUT2D eigenvalue weighted by Gasteiger charge is -2.22. The zero-order chi connectivity index (χ0) is 14.8. The number of hydrogen-bond donors (Lipinski definition) is 0. The summed E-state index contributed by atoms with van der Waals surface area (Å²) in [5, 5.41) is 0. The van der Waals surface area contributed by atoms with E-state index in [9.17, 15) is 8.42 Å². The van der Waals surface area contributed by atoms with Gasteiger partial charge in [-0.2, -0.15) is 8.42 Å². The van der Waals surface area contributed by atoms with E-state index in [2.05, 4.69) is 0 Å². The summed E-state index contributed by atoms with van der Waals surface area (Å²) in [5.74, 6) is 0.379. The first-order chi connectivity index (χ1) is 9.31. The van der Waals surface area contributed by atoms with Crippen molar-refractivity contribution in [1.29, 1.82) is 0 Å². The monoisotopic (exact) mass is 290 g/mol. The molecule has 0 aliphatic carbocycles. The normalized spacial score (nSPS) is 12.2. The van der Waals surface area contributed by atoms with Crippen LogP contribution in [0.3, 0.4) is 0 Å². The van der Waals surface area contributed by atoms with Gasteiger partial charge in [-0.3, -0.25) is 0 Å². The van der Waals surface area contributed by atoms with Gasteiger partial charge in [0.2, 0.25) is 0 Å². The minimum atomic E-state index is -3.80. The largest absolute Gasteiger partial charge is 0.379 e. The van der Waals surface area contributed by atoms with E-state index in [0.717, 1.165) is 5.56 Å². The fourth-order valence-electron chi connectivity index (χ4n) is 1.91. The zero-order valence-electron chi connectivity index (χ0n) is 11.8. The van der Waals surface area contributed by atoms with Gasteiger partial charge in [0, 0.05) is 5.56 Å². The van der Waals surface area contributed by atoms with Crippen molar-refractivity contribution in [2.75, 3.05) is 0 Å². The fourth-order valence-corrected chi connectivity index (χ4v) is 2.88. The molecule has 2 rings (SSSR count). The minimum absolute atomic E-state index is 0.156. The second kappa shape index (κ2) is 5.29. The summed E-state index contributed by atoms with van der Waals surface area (Å²) in [7, 11) is -3.80. The van der Waals surface area contributed by atoms with Gasteiger partial charge in [0.1, 0.15) is 10.6 Å². The fraction of sp³-hybridized carbons (Fsp3) is 0.250. The SMILES string of the molecule is CC(C)(C)c1ccccc1OS(=O)(=O)c1ccccc1. The lowest BCUT2D eigenvalue weighted by Crippen LogP contribution is -2.16. The number of hydrogen-bond acceptors (Lipinski definition) is 3. The number of rotatable bonds is 3. The molecule has 0 fully saturated rings. The molecule has 0 bridgehead atoms. The predicted octanol–water partition coefficient (Wildman–Crippen LogP) is 3.75. The van der Waals surface area contributed by atoms with E-state index in [4.69, 9.17) is 4.18 Å². The Morgan fingerprint density at radius 2 is 1.40 bits per heavy atom. The third-order valence-electron chi connectivity index (χ3n) is 2.93. The molecule has 20 heavy (non-hydrogen) atoms. The first kappa shape index (κ1) is 14.6. The average molecular weight is 290 g/mol. The molecule has 106 valence electrons. The van der Waals surface area contributed by atoms with Crippen molar-refractivity contribution >= 4 is 10.1 Å². The van der Waals surface area contributed by atoms with Crippen molar-refractivity contribution in [3.05, 3.63) is 60.2 Å². The van der Waals surface area contributed by atoms with Crippen LogP contribution in [0.5, 0.6) is 5.75 Å². The number of para-hydroxylation sites is 1. The molecule has 0 saturated heterocycles. The van der Waals surface area contributed by atoms with E-state index in [1.165, 1.54) is 12.1 Å². The standard InChI is InChI=1S/C16H18O3S/c1-16(2,3)14-11-7-8-12-15(14)19-20(17,18)13-9-5-4-6-10-13/h4-12H,1-3H3. The van der Waals surface area contributed by atoms with Gasteiger partial charge in [-0.25, -0.2) is 0 Å². The topological polar surface area (TPSA) is 43.4 Å². The third kappa shape index (κ3) is 3.20. The highest BCUT2D eigenvalue weighted by atomic mass is 32.2. The Kier molecular flexibility index (Phi) is 3.86. The van der Waals surface area contributed by atoms with Gasteiger partial charge >= 0.3 is 10.1 Å². The maximum atomic E-state index is 12.3. The lowest BCUT2D eigenvalue weighted by molar-refractivity contribution is 0.470. The van der Waals surface area contributed by atoms with Gasteiger partial charge in [0.05, 0.1) is 0 Å². The summed E-state index contributed by atoms with van der Waals surface area (Å²) in [5.41, 5.74) is 0.669. The van der Waals surface area contributed by atoms with E-state index in [0.29, 0.717) is 5.75 Å². The van der Waals surface area contributed by atoms with Crippen LogP contribution in [-0.4, -0.2) is 8.42 Å². The quantitative estimate of drug-likeness (QED) is 0.809. The predicted molar refractivity (Wildman–Crippen MR) is 79.4 cm³/mol. The Hall–Kier alpha value is -1.81. The van der Waals surface area contributed by atoms with Crippen molar-refractivity contribution in [2.45, 2.75) is 31.1 Å². The summed E-state index contributed by atoms with van der Waals surface area (Å²) in [6, 6.07) is 15.4. The van der Waals surface area contributed by atoms with Crippen LogP contribution in [-0.2, 0) is 15.5 Å². The molecule has 2 aromatic rings. The van der Waals surface area contributed by atoms with Crippen molar-refractivity contribution < 1.29 is 12.6 Å². The maximum absolute atomic E-state index is 12.3. The summed E-state index contributed by atoms with van der Waals surface area (Å²) >= 11 is 0. The Labute approximate surface area is 120 Å². The van der Waals surface area contributed by atoms with Gasteiger partial charge < -0.3 is 4.18 Å². The van der Waals surface area contributed by atoms with Crippen LogP contribution in [0.2, 0.25) is 0 Å². The average Bonchev–Trinajstić information content (AvgIpc) is 2.39. The van der Waals surface area contributed by atoms with E-state index < -0.39 is 10.1 Å². The zero-order valence-corrected chi connectivity index (χ0v) is 12.6. The summed E-state index contributed by atoms with van der Waals surface area (Å²) in [6.45, 7) is 6.05. The highest BCUT2D eigenvalue weighted by molar-refractivity contribution is 7.87. The Morgan fingerprint density at radius 3 is 2.00 bits per heavy atom. The Bertz CT molecular complexity index is 683. The van der Waals surface area contributed by atoms with Gasteiger partial charge in [0.25, 0.3) is 0 Å². The molecule has 4 heteroatoms. The molecule has 0 N–H and O–H groups in total. The smallest absolute Gasteiger partial charge is 0.339 e. The second-order valence-electron chi connectivity index (χ2n) is 5.60. The highest BCUT2D eigenvalue weighted by Gasteiger charge is 2.23. The van der Waals surface area contributed by atoms with E-state index in [1.54, 1.807) is 30.3 Å². The Morgan fingerprint density at radius 1 is 0.850 bits per heavy atom. The van der Waals surface area contributed by atoms with Gasteiger partial charge in [0.15, 0.2) is 0 Å². The first-order valence-electron chi connectivity index (χ1n) is 6.40. The van der Waals surface area contributed by atoms with Crippen molar-refractivity contribution in [3.63, 3.8) is 0 Å². The van der Waals surface area contributed by atoms with Crippen molar-refractivity contribution in [1.82, 2.24) is 0 Å². The molecule has 0 spiro atoms. The molecule has 0 atom stereocenters. The molecule has 0 saturated carbocycles. The van der Waals surface area contributed by atoms with Crippen LogP contribution >= 0.6 is 0 Å². The summed E-state index contributed by atoms with van der Waals surface area (Å²) in [6.07, 6.45) is 0. The van der Waals surface area contributed by atoms with Gasteiger partial charge in [-0.15, -0.1) is 0 Å². The summed E-state index contributed by atoms with van der Waals surface area (Å²) < 4.78 is 29.8. The van der Waals surface area contributed by atoms with Crippen LogP contribution in [0, 0.1) is 0 Å². The molecule has 0 heterocycles. The molecule has 0 aromatic heterocycles. The van der Waals surface area contributed by atoms with Crippen LogP contribution in [0.4, 0.5) is 0 Å². The molecule has 0 radical (unpaired) electrons. The molecular weight excluding hydrogens is 272 g/mol. The molecule has 2 aromatic carbocycles. The first-order valence-corrected chi connectivity index (χ1v) is 7.80. The van der Waals surface area contributed by atoms with E-state index in [-0.39, 0.29) is 10.3 Å². The minimum Gasteiger partial charge on any atom is -0.379 e. The van der Waals surface area contributed by atoms with E-state index >= 15 is 0 Å².